The summed E-state index contributed by atoms with van der Waals surface area (Å²) in [5, 5.41) is 2.72. The highest BCUT2D eigenvalue weighted by Crippen LogP contribution is 2.47. The van der Waals surface area contributed by atoms with E-state index in [-0.39, 0.29) is 12.2 Å². The van der Waals surface area contributed by atoms with Crippen molar-refractivity contribution in [2.45, 2.75) is 69.3 Å². The molecule has 1 unspecified atom stereocenters. The van der Waals surface area contributed by atoms with E-state index in [1.54, 1.807) is 12.1 Å². The molecule has 0 spiro atoms. The number of thiophene rings is 1. The van der Waals surface area contributed by atoms with Gasteiger partial charge in [-0.15, -0.1) is 11.3 Å². The maximum Gasteiger partial charge on any atom is 0.411 e. The van der Waals surface area contributed by atoms with Crippen molar-refractivity contribution in [3.05, 3.63) is 41.3 Å². The lowest BCUT2D eigenvalue weighted by atomic mass is 9.94. The first-order valence-corrected chi connectivity index (χ1v) is 15.2. The summed E-state index contributed by atoms with van der Waals surface area (Å²) in [6, 6.07) is 11.0. The Morgan fingerprint density at radius 2 is 2.03 bits per heavy atom. The summed E-state index contributed by atoms with van der Waals surface area (Å²) in [4.78, 5) is 31.8. The van der Waals surface area contributed by atoms with Gasteiger partial charge in [-0.25, -0.2) is 23.5 Å². The van der Waals surface area contributed by atoms with E-state index in [0.29, 0.717) is 49.5 Å². The number of benzene rings is 1. The third-order valence-corrected chi connectivity index (χ3v) is 10.7. The number of carbonyl (C=O) groups is 2. The van der Waals surface area contributed by atoms with Gasteiger partial charge in [-0.3, -0.25) is 10.1 Å². The quantitative estimate of drug-likeness (QED) is 0.415. The molecule has 2 amide bonds. The summed E-state index contributed by atoms with van der Waals surface area (Å²) in [5.41, 5.74) is 3.84. The summed E-state index contributed by atoms with van der Waals surface area (Å²) < 4.78 is 36.2. The van der Waals surface area contributed by atoms with Crippen LogP contribution in [0.2, 0.25) is 0 Å². The molecule has 202 valence electrons. The van der Waals surface area contributed by atoms with Crippen LogP contribution in [0.4, 0.5) is 10.5 Å². The van der Waals surface area contributed by atoms with Gasteiger partial charge in [0.1, 0.15) is 4.75 Å². The Labute approximate surface area is 221 Å². The van der Waals surface area contributed by atoms with Crippen molar-refractivity contribution in [3.8, 4) is 10.4 Å². The zero-order chi connectivity index (χ0) is 26.3. The van der Waals surface area contributed by atoms with Crippen molar-refractivity contribution in [1.29, 1.82) is 0 Å². The third kappa shape index (κ3) is 6.70. The van der Waals surface area contributed by atoms with Gasteiger partial charge in [0.05, 0.1) is 18.8 Å². The summed E-state index contributed by atoms with van der Waals surface area (Å²) >= 11 is 1.35. The molecular weight excluding hydrogens is 516 g/mol. The number of hydrogen-bond acceptors (Lipinski definition) is 8. The summed E-state index contributed by atoms with van der Waals surface area (Å²) in [6.07, 6.45) is 3.74. The van der Waals surface area contributed by atoms with Gasteiger partial charge in [-0.05, 0) is 61.9 Å². The maximum atomic E-state index is 13.5. The number of sulfone groups is 1. The second-order valence-corrected chi connectivity index (χ2v) is 12.9. The van der Waals surface area contributed by atoms with Gasteiger partial charge in [0.15, 0.2) is 16.1 Å². The molecule has 4 rings (SSSR count). The number of anilines is 1. The average molecular weight is 551 g/mol. The Morgan fingerprint density at radius 1 is 1.16 bits per heavy atom. The molecule has 2 saturated heterocycles. The van der Waals surface area contributed by atoms with Gasteiger partial charge in [-0.1, -0.05) is 25.5 Å². The van der Waals surface area contributed by atoms with Gasteiger partial charge in [0, 0.05) is 28.5 Å². The first-order chi connectivity index (χ1) is 17.8. The fourth-order valence-corrected chi connectivity index (χ4v) is 8.46. The Kier molecular flexibility index (Phi) is 9.22. The molecule has 0 aliphatic carbocycles. The van der Waals surface area contributed by atoms with E-state index in [1.165, 1.54) is 11.3 Å². The van der Waals surface area contributed by atoms with Crippen LogP contribution >= 0.6 is 11.3 Å². The Morgan fingerprint density at radius 3 is 2.78 bits per heavy atom. The van der Waals surface area contributed by atoms with Crippen molar-refractivity contribution < 1.29 is 32.3 Å². The van der Waals surface area contributed by atoms with Gasteiger partial charge in [0.2, 0.25) is 5.91 Å². The summed E-state index contributed by atoms with van der Waals surface area (Å²) in [7, 11) is -3.59. The number of ether oxygens (including phenoxy) is 2. The topological polar surface area (TPSA) is 120 Å². The summed E-state index contributed by atoms with van der Waals surface area (Å²) in [6.45, 7) is 2.83. The van der Waals surface area contributed by atoms with Crippen LogP contribution in [0, 0.1) is 0 Å². The number of hydroxylamine groups is 1. The molecule has 0 saturated carbocycles. The molecule has 1 aromatic carbocycles. The molecule has 2 aliphatic heterocycles. The fraction of sp³-hybridized carbons (Fsp3) is 0.538. The number of hydrogen-bond donors (Lipinski definition) is 2. The second kappa shape index (κ2) is 12.4. The SMILES string of the molecule is CCCOC(=O)Nc1cccc(-c2ccc([C@@]3(CC(=O)NOC4CCCCO4)CCCCS3(=O)=O)s2)c1. The molecule has 2 fully saturated rings. The van der Waals surface area contributed by atoms with Crippen LogP contribution in [-0.2, 0) is 33.7 Å². The van der Waals surface area contributed by atoms with Gasteiger partial charge in [-0.2, -0.15) is 0 Å². The lowest BCUT2D eigenvalue weighted by Crippen LogP contribution is -2.45. The molecule has 2 N–H and O–H groups in total. The van der Waals surface area contributed by atoms with Crippen LogP contribution < -0.4 is 10.8 Å². The minimum absolute atomic E-state index is 0.0411. The van der Waals surface area contributed by atoms with E-state index in [1.807, 2.05) is 31.2 Å². The van der Waals surface area contributed by atoms with E-state index < -0.39 is 32.9 Å². The van der Waals surface area contributed by atoms with Crippen molar-refractivity contribution >= 4 is 38.9 Å². The number of amides is 2. The zero-order valence-corrected chi connectivity index (χ0v) is 22.6. The predicted molar refractivity (Wildman–Crippen MR) is 142 cm³/mol. The molecule has 11 heteroatoms. The number of nitrogens with one attached hydrogen (secondary N) is 2. The second-order valence-electron chi connectivity index (χ2n) is 9.39. The third-order valence-electron chi connectivity index (χ3n) is 6.61. The maximum absolute atomic E-state index is 13.5. The molecule has 2 aromatic rings. The molecule has 0 radical (unpaired) electrons. The number of carbonyl (C=O) groups excluding carboxylic acids is 2. The fourth-order valence-electron chi connectivity index (χ4n) is 4.68. The van der Waals surface area contributed by atoms with Crippen LogP contribution in [0.15, 0.2) is 36.4 Å². The van der Waals surface area contributed by atoms with Gasteiger partial charge in [0.25, 0.3) is 0 Å². The van der Waals surface area contributed by atoms with Crippen molar-refractivity contribution in [1.82, 2.24) is 5.48 Å². The molecule has 37 heavy (non-hydrogen) atoms. The first-order valence-electron chi connectivity index (χ1n) is 12.8. The van der Waals surface area contributed by atoms with Crippen LogP contribution in [0.3, 0.4) is 0 Å². The van der Waals surface area contributed by atoms with Gasteiger partial charge < -0.3 is 9.47 Å². The normalized spacial score (nSPS) is 23.2. The highest BCUT2D eigenvalue weighted by Gasteiger charge is 2.49. The van der Waals surface area contributed by atoms with E-state index in [2.05, 4.69) is 10.8 Å². The lowest BCUT2D eigenvalue weighted by molar-refractivity contribution is -0.200. The van der Waals surface area contributed by atoms with E-state index in [0.717, 1.165) is 29.7 Å². The van der Waals surface area contributed by atoms with Crippen LogP contribution in [0.25, 0.3) is 10.4 Å². The highest BCUT2D eigenvalue weighted by atomic mass is 32.2. The average Bonchev–Trinajstić information content (AvgIpc) is 3.39. The molecular formula is C26H34N2O7S2. The Bertz CT molecular complexity index is 1190. The molecule has 2 atom stereocenters. The van der Waals surface area contributed by atoms with Crippen LogP contribution in [-0.4, -0.2) is 45.7 Å². The van der Waals surface area contributed by atoms with E-state index >= 15 is 0 Å². The molecule has 3 heterocycles. The van der Waals surface area contributed by atoms with Crippen molar-refractivity contribution in [3.63, 3.8) is 0 Å². The molecule has 9 nitrogen and oxygen atoms in total. The van der Waals surface area contributed by atoms with E-state index in [9.17, 15) is 18.0 Å². The van der Waals surface area contributed by atoms with Crippen LogP contribution in [0.5, 0.6) is 0 Å². The molecule has 1 aromatic heterocycles. The van der Waals surface area contributed by atoms with Crippen molar-refractivity contribution in [2.24, 2.45) is 0 Å². The highest BCUT2D eigenvalue weighted by molar-refractivity contribution is 7.92. The minimum atomic E-state index is -3.59. The Balaban J connectivity index is 1.53. The lowest BCUT2D eigenvalue weighted by Gasteiger charge is -2.35. The summed E-state index contributed by atoms with van der Waals surface area (Å²) in [5.74, 6) is -0.439. The zero-order valence-electron chi connectivity index (χ0n) is 21.0. The largest absolute Gasteiger partial charge is 0.449 e. The minimum Gasteiger partial charge on any atom is -0.449 e. The predicted octanol–water partition coefficient (Wildman–Crippen LogP) is 5.13. The monoisotopic (exact) mass is 550 g/mol. The number of rotatable bonds is 9. The van der Waals surface area contributed by atoms with Crippen LogP contribution in [0.1, 0.15) is 63.2 Å². The van der Waals surface area contributed by atoms with Crippen molar-refractivity contribution in [2.75, 3.05) is 24.3 Å². The Hall–Kier alpha value is -2.47. The molecule has 2 aliphatic rings. The van der Waals surface area contributed by atoms with E-state index in [4.69, 9.17) is 14.3 Å². The molecule has 0 bridgehead atoms. The smallest absolute Gasteiger partial charge is 0.411 e. The first kappa shape index (κ1) is 27.6. The standard InChI is InChI=1S/C26H34N2O7S2/c1-2-14-34-25(30)27-20-9-7-8-19(17-20)21-11-12-22(36-21)26(13-4-6-16-37(26,31)32)18-23(29)28-35-24-10-3-5-15-33-24/h7-9,11-12,17,24H,2-6,10,13-16,18H2,1H3,(H,27,30)(H,28,29)/t24?,26-/m0/s1. The van der Waals surface area contributed by atoms with Gasteiger partial charge >= 0.3 is 6.09 Å².